The van der Waals surface area contributed by atoms with Gasteiger partial charge in [-0.05, 0) is 43.2 Å². The van der Waals surface area contributed by atoms with E-state index < -0.39 is 23.1 Å². The summed E-state index contributed by atoms with van der Waals surface area (Å²) in [4.78, 5) is 14.0. The molecule has 1 aliphatic heterocycles. The monoisotopic (exact) mass is 359 g/mol. The molecule has 1 saturated heterocycles. The summed E-state index contributed by atoms with van der Waals surface area (Å²) in [5, 5.41) is 0. The van der Waals surface area contributed by atoms with Crippen molar-refractivity contribution in [1.82, 2.24) is 4.90 Å². The molecule has 0 aromatic heterocycles. The third-order valence-electron chi connectivity index (χ3n) is 4.22. The molecule has 0 saturated carbocycles. The fourth-order valence-electron chi connectivity index (χ4n) is 2.90. The first-order valence-electron chi connectivity index (χ1n) is 7.34. The number of hydrogen-bond donors (Lipinski definition) is 0. The van der Waals surface area contributed by atoms with Crippen LogP contribution in [0.25, 0.3) is 0 Å². The van der Waals surface area contributed by atoms with Crippen molar-refractivity contribution in [2.24, 2.45) is 11.8 Å². The molecule has 1 amide bonds. The van der Waals surface area contributed by atoms with Gasteiger partial charge < -0.3 is 4.90 Å². The standard InChI is InChI=1S/C16H20BrF2NO/c1-10(2)11-4-3-6-20(7-5-11)16(21)15-13(18)8-12(17)9-14(15)19/h8-11H,3-7H2,1-2H3. The van der Waals surface area contributed by atoms with Gasteiger partial charge >= 0.3 is 0 Å². The van der Waals surface area contributed by atoms with E-state index in [-0.39, 0.29) is 0 Å². The van der Waals surface area contributed by atoms with Crippen LogP contribution in [0.4, 0.5) is 8.78 Å². The first-order chi connectivity index (χ1) is 9.90. The SMILES string of the molecule is CC(C)C1CCCN(C(=O)c2c(F)cc(Br)cc2F)CC1. The highest BCUT2D eigenvalue weighted by Gasteiger charge is 2.27. The van der Waals surface area contributed by atoms with Crippen molar-refractivity contribution in [2.75, 3.05) is 13.1 Å². The Labute approximate surface area is 132 Å². The second kappa shape index (κ2) is 6.86. The van der Waals surface area contributed by atoms with Gasteiger partial charge in [0.05, 0.1) is 0 Å². The van der Waals surface area contributed by atoms with Crippen LogP contribution in [-0.4, -0.2) is 23.9 Å². The molecule has 21 heavy (non-hydrogen) atoms. The van der Waals surface area contributed by atoms with Crippen molar-refractivity contribution in [2.45, 2.75) is 33.1 Å². The van der Waals surface area contributed by atoms with E-state index in [0.29, 0.717) is 29.4 Å². The summed E-state index contributed by atoms with van der Waals surface area (Å²) in [6, 6.07) is 2.26. The van der Waals surface area contributed by atoms with Crippen LogP contribution < -0.4 is 0 Å². The van der Waals surface area contributed by atoms with Gasteiger partial charge in [-0.15, -0.1) is 0 Å². The zero-order valence-corrected chi connectivity index (χ0v) is 13.9. The number of carbonyl (C=O) groups excluding carboxylic acids is 1. The number of hydrogen-bond acceptors (Lipinski definition) is 1. The molecule has 0 bridgehead atoms. The van der Waals surface area contributed by atoms with E-state index in [1.54, 1.807) is 4.90 Å². The molecular weight excluding hydrogens is 340 g/mol. The van der Waals surface area contributed by atoms with Gasteiger partial charge in [0.2, 0.25) is 0 Å². The molecule has 1 aromatic rings. The van der Waals surface area contributed by atoms with Gasteiger partial charge in [0.1, 0.15) is 17.2 Å². The summed E-state index contributed by atoms with van der Waals surface area (Å²) in [6.07, 6.45) is 2.84. The summed E-state index contributed by atoms with van der Waals surface area (Å²) >= 11 is 3.02. The fourth-order valence-corrected chi connectivity index (χ4v) is 3.30. The molecule has 116 valence electrons. The number of nitrogens with zero attached hydrogens (tertiary/aromatic N) is 1. The molecule has 1 unspecified atom stereocenters. The first kappa shape index (κ1) is 16.4. The number of halogens is 3. The minimum atomic E-state index is -0.809. The van der Waals surface area contributed by atoms with Crippen molar-refractivity contribution in [1.29, 1.82) is 0 Å². The summed E-state index contributed by atoms with van der Waals surface area (Å²) in [6.45, 7) is 5.49. The number of benzene rings is 1. The van der Waals surface area contributed by atoms with Crippen LogP contribution in [0, 0.1) is 23.5 Å². The van der Waals surface area contributed by atoms with Crippen LogP contribution >= 0.6 is 15.9 Å². The Morgan fingerprint density at radius 2 is 1.86 bits per heavy atom. The molecule has 1 heterocycles. The lowest BCUT2D eigenvalue weighted by Gasteiger charge is -2.22. The molecule has 1 aromatic carbocycles. The predicted octanol–water partition coefficient (Wildman–Crippen LogP) is 4.63. The molecule has 5 heteroatoms. The molecule has 1 aliphatic rings. The van der Waals surface area contributed by atoms with Crippen molar-refractivity contribution in [3.05, 3.63) is 33.8 Å². The first-order valence-corrected chi connectivity index (χ1v) is 8.13. The van der Waals surface area contributed by atoms with E-state index in [9.17, 15) is 13.6 Å². The van der Waals surface area contributed by atoms with Crippen molar-refractivity contribution in [3.8, 4) is 0 Å². The number of carbonyl (C=O) groups is 1. The van der Waals surface area contributed by atoms with E-state index in [2.05, 4.69) is 29.8 Å². The van der Waals surface area contributed by atoms with E-state index in [1.807, 2.05) is 0 Å². The highest BCUT2D eigenvalue weighted by molar-refractivity contribution is 9.10. The van der Waals surface area contributed by atoms with Gasteiger partial charge in [-0.1, -0.05) is 29.8 Å². The van der Waals surface area contributed by atoms with Gasteiger partial charge in [0.15, 0.2) is 0 Å². The van der Waals surface area contributed by atoms with Crippen molar-refractivity contribution in [3.63, 3.8) is 0 Å². The Hall–Kier alpha value is -0.970. The van der Waals surface area contributed by atoms with Gasteiger partial charge in [-0.2, -0.15) is 0 Å². The minimum absolute atomic E-state index is 0.296. The normalized spacial score (nSPS) is 19.7. The highest BCUT2D eigenvalue weighted by atomic mass is 79.9. The van der Waals surface area contributed by atoms with Gasteiger partial charge in [-0.25, -0.2) is 8.78 Å². The van der Waals surface area contributed by atoms with E-state index in [0.717, 1.165) is 31.4 Å². The van der Waals surface area contributed by atoms with Crippen molar-refractivity contribution >= 4 is 21.8 Å². The lowest BCUT2D eigenvalue weighted by atomic mass is 9.89. The Morgan fingerprint density at radius 3 is 2.43 bits per heavy atom. The molecule has 1 atom stereocenters. The molecule has 0 aliphatic carbocycles. The molecule has 0 spiro atoms. The zero-order chi connectivity index (χ0) is 15.6. The van der Waals surface area contributed by atoms with Crippen LogP contribution in [0.15, 0.2) is 16.6 Å². The summed E-state index contributed by atoms with van der Waals surface area (Å²) in [7, 11) is 0. The van der Waals surface area contributed by atoms with E-state index in [4.69, 9.17) is 0 Å². The number of likely N-dealkylation sites (tertiary alicyclic amines) is 1. The maximum Gasteiger partial charge on any atom is 0.259 e. The lowest BCUT2D eigenvalue weighted by Crippen LogP contribution is -2.33. The fraction of sp³-hybridized carbons (Fsp3) is 0.562. The quantitative estimate of drug-likeness (QED) is 0.753. The lowest BCUT2D eigenvalue weighted by molar-refractivity contribution is 0.0749. The van der Waals surface area contributed by atoms with Crippen LogP contribution in [-0.2, 0) is 0 Å². The summed E-state index contributed by atoms with van der Waals surface area (Å²) < 4.78 is 28.1. The average Bonchev–Trinajstić information content (AvgIpc) is 2.62. The van der Waals surface area contributed by atoms with E-state index >= 15 is 0 Å². The number of amides is 1. The number of rotatable bonds is 2. The molecule has 2 rings (SSSR count). The molecule has 0 N–H and O–H groups in total. The zero-order valence-electron chi connectivity index (χ0n) is 12.3. The Morgan fingerprint density at radius 1 is 1.24 bits per heavy atom. The molecular formula is C16H20BrF2NO. The molecule has 0 radical (unpaired) electrons. The second-order valence-corrected chi connectivity index (χ2v) is 6.89. The summed E-state index contributed by atoms with van der Waals surface area (Å²) in [5.41, 5.74) is -0.443. The van der Waals surface area contributed by atoms with Crippen LogP contribution in [0.1, 0.15) is 43.5 Å². The topological polar surface area (TPSA) is 20.3 Å². The van der Waals surface area contributed by atoms with Crippen LogP contribution in [0.5, 0.6) is 0 Å². The predicted molar refractivity (Wildman–Crippen MR) is 82.1 cm³/mol. The van der Waals surface area contributed by atoms with Crippen LogP contribution in [0.2, 0.25) is 0 Å². The van der Waals surface area contributed by atoms with Crippen molar-refractivity contribution < 1.29 is 13.6 Å². The third kappa shape index (κ3) is 3.82. The minimum Gasteiger partial charge on any atom is -0.338 e. The Bertz CT molecular complexity index is 510. The van der Waals surface area contributed by atoms with Gasteiger partial charge in [-0.3, -0.25) is 4.79 Å². The smallest absolute Gasteiger partial charge is 0.259 e. The largest absolute Gasteiger partial charge is 0.338 e. The maximum atomic E-state index is 13.9. The third-order valence-corrected chi connectivity index (χ3v) is 4.68. The Balaban J connectivity index is 2.17. The summed E-state index contributed by atoms with van der Waals surface area (Å²) in [5.74, 6) is -1.02. The molecule has 2 nitrogen and oxygen atoms in total. The highest BCUT2D eigenvalue weighted by Crippen LogP contribution is 2.27. The average molecular weight is 360 g/mol. The van der Waals surface area contributed by atoms with Gasteiger partial charge in [0, 0.05) is 17.6 Å². The van der Waals surface area contributed by atoms with Gasteiger partial charge in [0.25, 0.3) is 5.91 Å². The van der Waals surface area contributed by atoms with Crippen LogP contribution in [0.3, 0.4) is 0 Å². The molecule has 1 fully saturated rings. The Kier molecular flexibility index (Phi) is 5.36. The second-order valence-electron chi connectivity index (χ2n) is 5.97. The maximum absolute atomic E-state index is 13.9. The van der Waals surface area contributed by atoms with E-state index in [1.165, 1.54) is 0 Å².